The molecule has 0 spiro atoms. The molecule has 1 aromatic rings. The summed E-state index contributed by atoms with van der Waals surface area (Å²) in [6.45, 7) is 2.89. The number of aromatic hydroxyl groups is 1. The maximum Gasteiger partial charge on any atom is 0.253 e. The zero-order valence-electron chi connectivity index (χ0n) is 11.7. The van der Waals surface area contributed by atoms with Crippen LogP contribution in [0.3, 0.4) is 0 Å². The van der Waals surface area contributed by atoms with Gasteiger partial charge in [0.05, 0.1) is 18.4 Å². The molecule has 2 atom stereocenters. The van der Waals surface area contributed by atoms with Gasteiger partial charge in [-0.1, -0.05) is 12.1 Å². The molecule has 2 rings (SSSR count). The minimum Gasteiger partial charge on any atom is -0.506 e. The van der Waals surface area contributed by atoms with Gasteiger partial charge < -0.3 is 19.9 Å². The number of phenols is 1. The number of hydrogen-bond acceptors (Lipinski definition) is 4. The van der Waals surface area contributed by atoms with Crippen LogP contribution in [0.2, 0.25) is 0 Å². The highest BCUT2D eigenvalue weighted by molar-refractivity contribution is 5.95. The molecule has 2 N–H and O–H groups in total. The van der Waals surface area contributed by atoms with Crippen molar-refractivity contribution in [2.24, 2.45) is 0 Å². The normalized spacial score (nSPS) is 20.4. The largest absolute Gasteiger partial charge is 0.506 e. The second kappa shape index (κ2) is 7.26. The van der Waals surface area contributed by atoms with Crippen LogP contribution in [0.5, 0.6) is 5.75 Å². The summed E-state index contributed by atoms with van der Waals surface area (Å²) in [5.41, 5.74) is 0.391. The zero-order chi connectivity index (χ0) is 14.4. The molecule has 0 radical (unpaired) electrons. The van der Waals surface area contributed by atoms with Gasteiger partial charge in [0.2, 0.25) is 0 Å². The van der Waals surface area contributed by atoms with E-state index in [1.165, 1.54) is 6.07 Å². The molecule has 0 aromatic heterocycles. The first-order valence-electron chi connectivity index (χ1n) is 6.99. The van der Waals surface area contributed by atoms with E-state index in [0.29, 0.717) is 12.3 Å². The van der Waals surface area contributed by atoms with Crippen molar-refractivity contribution in [2.45, 2.75) is 38.4 Å². The van der Waals surface area contributed by atoms with Gasteiger partial charge in [0, 0.05) is 6.61 Å². The SMILES string of the molecule is C[C@H](OC[C@H]1CCCCO1)C(=O)Nc1ccccc1O. The van der Waals surface area contributed by atoms with Gasteiger partial charge in [-0.2, -0.15) is 0 Å². The van der Waals surface area contributed by atoms with Crippen molar-refractivity contribution in [3.8, 4) is 5.75 Å². The molecule has 1 heterocycles. The van der Waals surface area contributed by atoms with Gasteiger partial charge in [-0.05, 0) is 38.3 Å². The molecule has 0 aliphatic carbocycles. The Morgan fingerprint density at radius 2 is 2.30 bits per heavy atom. The number of phenolic OH excluding ortho intramolecular Hbond substituents is 1. The number of amides is 1. The molecule has 1 aliphatic rings. The zero-order valence-corrected chi connectivity index (χ0v) is 11.7. The minimum atomic E-state index is -0.583. The summed E-state index contributed by atoms with van der Waals surface area (Å²) in [6.07, 6.45) is 2.73. The molecule has 110 valence electrons. The topological polar surface area (TPSA) is 67.8 Å². The van der Waals surface area contributed by atoms with E-state index in [9.17, 15) is 9.90 Å². The molecule has 1 amide bonds. The summed E-state index contributed by atoms with van der Waals surface area (Å²) in [5.74, 6) is -0.231. The van der Waals surface area contributed by atoms with Crippen molar-refractivity contribution in [2.75, 3.05) is 18.5 Å². The smallest absolute Gasteiger partial charge is 0.253 e. The predicted octanol–water partition coefficient (Wildman–Crippen LogP) is 2.30. The monoisotopic (exact) mass is 279 g/mol. The van der Waals surface area contributed by atoms with E-state index in [2.05, 4.69) is 5.32 Å². The highest BCUT2D eigenvalue weighted by atomic mass is 16.5. The van der Waals surface area contributed by atoms with Gasteiger partial charge in [0.15, 0.2) is 0 Å². The lowest BCUT2D eigenvalue weighted by Crippen LogP contribution is -2.32. The molecule has 5 nitrogen and oxygen atoms in total. The molecule has 0 saturated carbocycles. The summed E-state index contributed by atoms with van der Waals surface area (Å²) < 4.78 is 11.1. The number of para-hydroxylation sites is 2. The maximum absolute atomic E-state index is 11.9. The fourth-order valence-corrected chi connectivity index (χ4v) is 2.08. The Morgan fingerprint density at radius 3 is 3.00 bits per heavy atom. The first kappa shape index (κ1) is 14.8. The van der Waals surface area contributed by atoms with Crippen LogP contribution in [0.4, 0.5) is 5.69 Å². The molecule has 1 fully saturated rings. The van der Waals surface area contributed by atoms with Crippen LogP contribution >= 0.6 is 0 Å². The highest BCUT2D eigenvalue weighted by Gasteiger charge is 2.19. The van der Waals surface area contributed by atoms with Gasteiger partial charge in [0.1, 0.15) is 11.9 Å². The van der Waals surface area contributed by atoms with Crippen LogP contribution in [0.25, 0.3) is 0 Å². The lowest BCUT2D eigenvalue weighted by atomic mass is 10.1. The van der Waals surface area contributed by atoms with Gasteiger partial charge in [-0.15, -0.1) is 0 Å². The molecule has 1 saturated heterocycles. The standard InChI is InChI=1S/C15H21NO4/c1-11(20-10-12-6-4-5-9-19-12)15(18)16-13-7-2-3-8-14(13)17/h2-3,7-8,11-12,17H,4-6,9-10H2,1H3,(H,16,18)/t11-,12+/m0/s1. The van der Waals surface area contributed by atoms with Gasteiger partial charge >= 0.3 is 0 Å². The van der Waals surface area contributed by atoms with E-state index < -0.39 is 6.10 Å². The second-order valence-corrected chi connectivity index (χ2v) is 4.97. The molecule has 0 unspecified atom stereocenters. The number of ether oxygens (including phenoxy) is 2. The molecule has 5 heteroatoms. The molecular weight excluding hydrogens is 258 g/mol. The maximum atomic E-state index is 11.9. The van der Waals surface area contributed by atoms with Crippen molar-refractivity contribution < 1.29 is 19.4 Å². The Morgan fingerprint density at radius 1 is 1.50 bits per heavy atom. The summed E-state index contributed by atoms with van der Waals surface area (Å²) >= 11 is 0. The first-order valence-corrected chi connectivity index (χ1v) is 6.99. The van der Waals surface area contributed by atoms with E-state index in [1.807, 2.05) is 0 Å². The molecular formula is C15H21NO4. The summed E-state index contributed by atoms with van der Waals surface area (Å²) in [5, 5.41) is 12.2. The third kappa shape index (κ3) is 4.21. The number of hydrogen-bond donors (Lipinski definition) is 2. The van der Waals surface area contributed by atoms with E-state index in [4.69, 9.17) is 9.47 Å². The van der Waals surface area contributed by atoms with Crippen LogP contribution < -0.4 is 5.32 Å². The Labute approximate surface area is 118 Å². The van der Waals surface area contributed by atoms with Crippen LogP contribution in [0, 0.1) is 0 Å². The van der Waals surface area contributed by atoms with E-state index in [0.717, 1.165) is 25.9 Å². The molecule has 20 heavy (non-hydrogen) atoms. The van der Waals surface area contributed by atoms with Gasteiger partial charge in [-0.25, -0.2) is 0 Å². The lowest BCUT2D eigenvalue weighted by molar-refractivity contribution is -0.130. The van der Waals surface area contributed by atoms with Crippen LogP contribution in [0.15, 0.2) is 24.3 Å². The number of nitrogens with one attached hydrogen (secondary N) is 1. The van der Waals surface area contributed by atoms with Crippen LogP contribution in [-0.4, -0.2) is 36.4 Å². The van der Waals surface area contributed by atoms with E-state index in [-0.39, 0.29) is 17.8 Å². The fourth-order valence-electron chi connectivity index (χ4n) is 2.08. The summed E-state index contributed by atoms with van der Waals surface area (Å²) in [6, 6.07) is 6.61. The van der Waals surface area contributed by atoms with Crippen molar-refractivity contribution in [3.05, 3.63) is 24.3 Å². The van der Waals surface area contributed by atoms with Crippen LogP contribution in [-0.2, 0) is 14.3 Å². The first-order chi connectivity index (χ1) is 9.66. The Bertz CT molecular complexity index is 443. The molecule has 0 bridgehead atoms. The Hall–Kier alpha value is -1.59. The molecule has 1 aromatic carbocycles. The van der Waals surface area contributed by atoms with E-state index in [1.54, 1.807) is 25.1 Å². The van der Waals surface area contributed by atoms with E-state index >= 15 is 0 Å². The third-order valence-corrected chi connectivity index (χ3v) is 3.34. The number of carbonyl (C=O) groups excluding carboxylic acids is 1. The number of carbonyl (C=O) groups is 1. The number of anilines is 1. The second-order valence-electron chi connectivity index (χ2n) is 4.97. The average Bonchev–Trinajstić information content (AvgIpc) is 2.48. The third-order valence-electron chi connectivity index (χ3n) is 3.34. The summed E-state index contributed by atoms with van der Waals surface area (Å²) in [7, 11) is 0. The number of benzene rings is 1. The molecule has 1 aliphatic heterocycles. The number of rotatable bonds is 5. The van der Waals surface area contributed by atoms with Gasteiger partial charge in [0.25, 0.3) is 5.91 Å². The highest BCUT2D eigenvalue weighted by Crippen LogP contribution is 2.21. The Kier molecular flexibility index (Phi) is 5.38. The van der Waals surface area contributed by atoms with Crippen molar-refractivity contribution in [1.29, 1.82) is 0 Å². The fraction of sp³-hybridized carbons (Fsp3) is 0.533. The Balaban J connectivity index is 1.78. The van der Waals surface area contributed by atoms with Crippen molar-refractivity contribution in [3.63, 3.8) is 0 Å². The lowest BCUT2D eigenvalue weighted by Gasteiger charge is -2.23. The average molecular weight is 279 g/mol. The van der Waals surface area contributed by atoms with Crippen molar-refractivity contribution >= 4 is 11.6 Å². The quantitative estimate of drug-likeness (QED) is 0.812. The minimum absolute atomic E-state index is 0.0451. The summed E-state index contributed by atoms with van der Waals surface area (Å²) in [4.78, 5) is 11.9. The van der Waals surface area contributed by atoms with Crippen LogP contribution in [0.1, 0.15) is 26.2 Å². The van der Waals surface area contributed by atoms with Gasteiger partial charge in [-0.3, -0.25) is 4.79 Å². The predicted molar refractivity (Wildman–Crippen MR) is 75.7 cm³/mol. The van der Waals surface area contributed by atoms with Crippen molar-refractivity contribution in [1.82, 2.24) is 0 Å².